The number of hydrogen-bond donors (Lipinski definition) is 3. The van der Waals surface area contributed by atoms with Crippen molar-refractivity contribution in [3.8, 4) is 23.0 Å². The van der Waals surface area contributed by atoms with Crippen LogP contribution in [-0.2, 0) is 11.2 Å². The summed E-state index contributed by atoms with van der Waals surface area (Å²) in [7, 11) is 3.02. The molecule has 0 unspecified atom stereocenters. The Morgan fingerprint density at radius 1 is 1.00 bits per heavy atom. The minimum absolute atomic E-state index is 0.00621. The zero-order valence-electron chi connectivity index (χ0n) is 14.9. The summed E-state index contributed by atoms with van der Waals surface area (Å²) in [6, 6.07) is 10.4. The highest BCUT2D eigenvalue weighted by Crippen LogP contribution is 2.42. The molecule has 26 heavy (non-hydrogen) atoms. The summed E-state index contributed by atoms with van der Waals surface area (Å²) in [6.45, 7) is 0.510. The SMILES string of the molecule is COc1cc(C[C@H]2CO[C@H](c3ccc(O)c(OC)c3)[C@H]2CO)ccc1O. The Morgan fingerprint density at radius 3 is 2.31 bits per heavy atom. The topological polar surface area (TPSA) is 88.4 Å². The first-order chi connectivity index (χ1) is 12.6. The maximum atomic E-state index is 9.95. The molecule has 0 spiro atoms. The second kappa shape index (κ2) is 7.85. The molecule has 140 valence electrons. The second-order valence-corrected chi connectivity index (χ2v) is 6.50. The number of aromatic hydroxyl groups is 2. The Labute approximate surface area is 152 Å². The normalized spacial score (nSPS) is 22.3. The second-order valence-electron chi connectivity index (χ2n) is 6.50. The van der Waals surface area contributed by atoms with Gasteiger partial charge in [-0.1, -0.05) is 12.1 Å². The van der Waals surface area contributed by atoms with Crippen molar-refractivity contribution in [2.45, 2.75) is 12.5 Å². The number of rotatable bonds is 6. The van der Waals surface area contributed by atoms with Crippen molar-refractivity contribution >= 4 is 0 Å². The fraction of sp³-hybridized carbons (Fsp3) is 0.400. The monoisotopic (exact) mass is 360 g/mol. The molecule has 0 bridgehead atoms. The summed E-state index contributed by atoms with van der Waals surface area (Å²) >= 11 is 0. The third-order valence-corrected chi connectivity index (χ3v) is 4.97. The number of benzene rings is 2. The fourth-order valence-corrected chi connectivity index (χ4v) is 3.54. The predicted octanol–water partition coefficient (Wildman–Crippen LogP) is 2.65. The molecule has 2 aromatic carbocycles. The van der Waals surface area contributed by atoms with Gasteiger partial charge in [0, 0.05) is 12.5 Å². The third kappa shape index (κ3) is 3.57. The lowest BCUT2D eigenvalue weighted by molar-refractivity contribution is 0.0717. The number of methoxy groups -OCH3 is 2. The molecule has 0 aromatic heterocycles. The van der Waals surface area contributed by atoms with Crippen molar-refractivity contribution in [2.75, 3.05) is 27.4 Å². The van der Waals surface area contributed by atoms with Crippen molar-refractivity contribution < 1.29 is 29.5 Å². The molecule has 0 saturated carbocycles. The van der Waals surface area contributed by atoms with Crippen molar-refractivity contribution in [3.63, 3.8) is 0 Å². The maximum Gasteiger partial charge on any atom is 0.160 e. The van der Waals surface area contributed by atoms with Gasteiger partial charge >= 0.3 is 0 Å². The molecule has 3 rings (SSSR count). The molecule has 3 atom stereocenters. The Balaban J connectivity index is 1.79. The average molecular weight is 360 g/mol. The summed E-state index contributed by atoms with van der Waals surface area (Å²) in [5.74, 6) is 1.04. The summed E-state index contributed by atoms with van der Waals surface area (Å²) < 4.78 is 16.3. The molecule has 1 saturated heterocycles. The zero-order chi connectivity index (χ0) is 18.7. The van der Waals surface area contributed by atoms with Gasteiger partial charge in [-0.15, -0.1) is 0 Å². The predicted molar refractivity (Wildman–Crippen MR) is 95.8 cm³/mol. The van der Waals surface area contributed by atoms with Crippen LogP contribution in [0.3, 0.4) is 0 Å². The number of phenols is 2. The lowest BCUT2D eigenvalue weighted by atomic mass is 9.84. The number of phenolic OH excluding ortho intramolecular Hbond substituents is 2. The van der Waals surface area contributed by atoms with E-state index in [4.69, 9.17) is 14.2 Å². The fourth-order valence-electron chi connectivity index (χ4n) is 3.54. The first kappa shape index (κ1) is 18.4. The van der Waals surface area contributed by atoms with Crippen LogP contribution in [0.4, 0.5) is 0 Å². The van der Waals surface area contributed by atoms with Gasteiger partial charge in [0.2, 0.25) is 0 Å². The van der Waals surface area contributed by atoms with Crippen molar-refractivity contribution in [2.24, 2.45) is 11.8 Å². The first-order valence-electron chi connectivity index (χ1n) is 8.52. The molecule has 1 fully saturated rings. The Hall–Kier alpha value is -2.44. The van der Waals surface area contributed by atoms with Crippen LogP contribution in [0.2, 0.25) is 0 Å². The van der Waals surface area contributed by atoms with Crippen LogP contribution in [0.15, 0.2) is 36.4 Å². The molecular weight excluding hydrogens is 336 g/mol. The van der Waals surface area contributed by atoms with Crippen LogP contribution in [0.5, 0.6) is 23.0 Å². The minimum atomic E-state index is -0.265. The van der Waals surface area contributed by atoms with E-state index in [0.717, 1.165) is 11.1 Å². The maximum absolute atomic E-state index is 9.95. The van der Waals surface area contributed by atoms with E-state index in [1.807, 2.05) is 6.07 Å². The molecule has 6 heteroatoms. The third-order valence-electron chi connectivity index (χ3n) is 4.97. The van der Waals surface area contributed by atoms with E-state index in [9.17, 15) is 15.3 Å². The van der Waals surface area contributed by atoms with Gasteiger partial charge in [0.05, 0.1) is 26.9 Å². The lowest BCUT2D eigenvalue weighted by Gasteiger charge is -2.22. The number of aliphatic hydroxyl groups excluding tert-OH is 1. The zero-order valence-corrected chi connectivity index (χ0v) is 14.9. The quantitative estimate of drug-likeness (QED) is 0.734. The minimum Gasteiger partial charge on any atom is -0.504 e. The molecule has 6 nitrogen and oxygen atoms in total. The number of aliphatic hydroxyl groups is 1. The van der Waals surface area contributed by atoms with E-state index in [1.54, 1.807) is 30.3 Å². The summed E-state index contributed by atoms with van der Waals surface area (Å²) in [6.07, 6.45) is 0.437. The van der Waals surface area contributed by atoms with E-state index >= 15 is 0 Å². The van der Waals surface area contributed by atoms with Crippen molar-refractivity contribution in [1.29, 1.82) is 0 Å². The average Bonchev–Trinajstić information content (AvgIpc) is 3.06. The molecule has 1 aliphatic heterocycles. The molecule has 3 N–H and O–H groups in total. The van der Waals surface area contributed by atoms with Gasteiger partial charge in [0.1, 0.15) is 0 Å². The van der Waals surface area contributed by atoms with Crippen molar-refractivity contribution in [3.05, 3.63) is 47.5 Å². The molecule has 0 radical (unpaired) electrons. The standard InChI is InChI=1S/C20H24O6/c1-24-18-8-12(3-5-16(18)22)7-14-11-26-20(15(14)10-21)13-4-6-17(23)19(9-13)25-2/h3-6,8-9,14-15,20-23H,7,10-11H2,1-2H3/t14-,15-,20+/m0/s1. The summed E-state index contributed by atoms with van der Waals surface area (Å²) in [4.78, 5) is 0. The Bertz CT molecular complexity index is 760. The van der Waals surface area contributed by atoms with Crippen LogP contribution < -0.4 is 9.47 Å². The van der Waals surface area contributed by atoms with Gasteiger partial charge in [-0.25, -0.2) is 0 Å². The first-order valence-corrected chi connectivity index (χ1v) is 8.52. The van der Waals surface area contributed by atoms with Gasteiger partial charge in [-0.3, -0.25) is 0 Å². The highest BCUT2D eigenvalue weighted by atomic mass is 16.5. The van der Waals surface area contributed by atoms with Gasteiger partial charge in [-0.2, -0.15) is 0 Å². The summed E-state index contributed by atoms with van der Waals surface area (Å²) in [5, 5.41) is 29.5. The van der Waals surface area contributed by atoms with E-state index in [-0.39, 0.29) is 36.0 Å². The van der Waals surface area contributed by atoms with Crippen LogP contribution in [0.25, 0.3) is 0 Å². The highest BCUT2D eigenvalue weighted by Gasteiger charge is 2.38. The lowest BCUT2D eigenvalue weighted by Crippen LogP contribution is -2.21. The molecule has 2 aromatic rings. The Morgan fingerprint density at radius 2 is 1.65 bits per heavy atom. The molecule has 0 amide bonds. The number of ether oxygens (including phenoxy) is 3. The summed E-state index contributed by atoms with van der Waals surface area (Å²) in [5.41, 5.74) is 1.88. The number of hydrogen-bond acceptors (Lipinski definition) is 6. The molecule has 0 aliphatic carbocycles. The van der Waals surface area contributed by atoms with Gasteiger partial charge in [-0.05, 0) is 47.7 Å². The largest absolute Gasteiger partial charge is 0.504 e. The van der Waals surface area contributed by atoms with E-state index < -0.39 is 0 Å². The van der Waals surface area contributed by atoms with Crippen LogP contribution >= 0.6 is 0 Å². The van der Waals surface area contributed by atoms with Gasteiger partial charge < -0.3 is 29.5 Å². The Kier molecular flexibility index (Phi) is 5.54. The molecule has 1 aliphatic rings. The van der Waals surface area contributed by atoms with Crippen molar-refractivity contribution in [1.82, 2.24) is 0 Å². The van der Waals surface area contributed by atoms with E-state index in [0.29, 0.717) is 24.5 Å². The van der Waals surface area contributed by atoms with Crippen LogP contribution in [0.1, 0.15) is 17.2 Å². The van der Waals surface area contributed by atoms with Gasteiger partial charge in [0.15, 0.2) is 23.0 Å². The highest BCUT2D eigenvalue weighted by molar-refractivity contribution is 5.43. The van der Waals surface area contributed by atoms with E-state index in [1.165, 1.54) is 14.2 Å². The smallest absolute Gasteiger partial charge is 0.160 e. The molecular formula is C20H24O6. The van der Waals surface area contributed by atoms with Gasteiger partial charge in [0.25, 0.3) is 0 Å². The molecule has 1 heterocycles. The van der Waals surface area contributed by atoms with Crippen LogP contribution in [-0.4, -0.2) is 42.8 Å². The van der Waals surface area contributed by atoms with E-state index in [2.05, 4.69) is 0 Å². The van der Waals surface area contributed by atoms with Crippen LogP contribution in [0, 0.1) is 11.8 Å².